The summed E-state index contributed by atoms with van der Waals surface area (Å²) >= 11 is 5.92. The monoisotopic (exact) mass is 424 g/mol. The third-order valence-corrected chi connectivity index (χ3v) is 4.60. The summed E-state index contributed by atoms with van der Waals surface area (Å²) in [7, 11) is 0. The molecule has 0 saturated heterocycles. The Morgan fingerprint density at radius 1 is 1.07 bits per heavy atom. The molecule has 154 valence electrons. The Morgan fingerprint density at radius 3 is 2.57 bits per heavy atom. The quantitative estimate of drug-likeness (QED) is 0.630. The molecule has 0 spiro atoms. The maximum atomic E-state index is 12.4. The fourth-order valence-corrected chi connectivity index (χ4v) is 3.16. The van der Waals surface area contributed by atoms with Crippen molar-refractivity contribution in [3.63, 3.8) is 0 Å². The molecule has 1 aromatic heterocycles. The number of anilines is 2. The molecule has 0 atom stereocenters. The van der Waals surface area contributed by atoms with Crippen LogP contribution < -0.4 is 16.2 Å². The normalized spacial score (nSPS) is 10.5. The molecular weight excluding hydrogens is 404 g/mol. The molecule has 0 fully saturated rings. The van der Waals surface area contributed by atoms with E-state index in [0.717, 1.165) is 22.2 Å². The molecular formula is C22H21ClN4O3. The van der Waals surface area contributed by atoms with Gasteiger partial charge in [0.1, 0.15) is 6.54 Å². The van der Waals surface area contributed by atoms with Crippen molar-refractivity contribution in [1.29, 1.82) is 0 Å². The third kappa shape index (κ3) is 5.33. The molecule has 2 amide bonds. The van der Waals surface area contributed by atoms with Crippen LogP contribution in [0.5, 0.6) is 0 Å². The van der Waals surface area contributed by atoms with E-state index in [0.29, 0.717) is 22.1 Å². The number of aryl methyl sites for hydroxylation is 1. The zero-order valence-corrected chi connectivity index (χ0v) is 17.4. The highest BCUT2D eigenvalue weighted by molar-refractivity contribution is 6.30. The van der Waals surface area contributed by atoms with Gasteiger partial charge in [-0.2, -0.15) is 5.10 Å². The van der Waals surface area contributed by atoms with Crippen LogP contribution in [-0.2, 0) is 22.6 Å². The van der Waals surface area contributed by atoms with Gasteiger partial charge in [-0.3, -0.25) is 14.4 Å². The first-order valence-corrected chi connectivity index (χ1v) is 9.78. The van der Waals surface area contributed by atoms with Crippen molar-refractivity contribution >= 4 is 34.8 Å². The third-order valence-electron chi connectivity index (χ3n) is 4.37. The second-order valence-electron chi connectivity index (χ2n) is 6.68. The standard InChI is InChI=1S/C22H21ClN4O3/c1-3-15-7-8-16(11-20(15)24-14(2)28)19-9-10-22(30)27(26-19)13-21(29)25-18-6-4-5-17(23)12-18/h4-12H,3,13H2,1-2H3,(H,24,28)(H,25,29). The SMILES string of the molecule is CCc1ccc(-c2ccc(=O)n(CC(=O)Nc3cccc(Cl)c3)n2)cc1NC(C)=O. The van der Waals surface area contributed by atoms with Crippen molar-refractivity contribution in [3.8, 4) is 11.3 Å². The first-order valence-electron chi connectivity index (χ1n) is 9.40. The summed E-state index contributed by atoms with van der Waals surface area (Å²) in [4.78, 5) is 36.0. The number of carbonyl (C=O) groups is 2. The van der Waals surface area contributed by atoms with E-state index in [1.165, 1.54) is 13.0 Å². The van der Waals surface area contributed by atoms with E-state index in [4.69, 9.17) is 11.6 Å². The molecule has 0 saturated carbocycles. The van der Waals surface area contributed by atoms with Crippen molar-refractivity contribution < 1.29 is 9.59 Å². The smallest absolute Gasteiger partial charge is 0.267 e. The fraction of sp³-hybridized carbons (Fsp3) is 0.182. The fourth-order valence-electron chi connectivity index (χ4n) is 2.97. The summed E-state index contributed by atoms with van der Waals surface area (Å²) in [6, 6.07) is 15.3. The van der Waals surface area contributed by atoms with Crippen molar-refractivity contribution in [2.45, 2.75) is 26.8 Å². The molecule has 0 aliphatic rings. The molecule has 0 bridgehead atoms. The Kier molecular flexibility index (Phi) is 6.64. The Morgan fingerprint density at radius 2 is 1.87 bits per heavy atom. The van der Waals surface area contributed by atoms with Gasteiger partial charge in [-0.1, -0.05) is 36.7 Å². The van der Waals surface area contributed by atoms with Gasteiger partial charge in [-0.25, -0.2) is 4.68 Å². The van der Waals surface area contributed by atoms with E-state index < -0.39 is 11.5 Å². The first kappa shape index (κ1) is 21.3. The average molecular weight is 425 g/mol. The lowest BCUT2D eigenvalue weighted by atomic mass is 10.0. The van der Waals surface area contributed by atoms with E-state index in [1.54, 1.807) is 30.3 Å². The molecule has 2 aromatic carbocycles. The molecule has 1 heterocycles. The summed E-state index contributed by atoms with van der Waals surface area (Å²) in [5.74, 6) is -0.568. The van der Waals surface area contributed by atoms with Crippen LogP contribution in [0.15, 0.2) is 59.4 Å². The number of benzene rings is 2. The van der Waals surface area contributed by atoms with E-state index in [-0.39, 0.29) is 12.5 Å². The van der Waals surface area contributed by atoms with Gasteiger partial charge < -0.3 is 10.6 Å². The number of nitrogens with zero attached hydrogens (tertiary/aromatic N) is 2. The predicted molar refractivity (Wildman–Crippen MR) is 118 cm³/mol. The van der Waals surface area contributed by atoms with Crippen LogP contribution in [-0.4, -0.2) is 21.6 Å². The lowest BCUT2D eigenvalue weighted by molar-refractivity contribution is -0.117. The van der Waals surface area contributed by atoms with E-state index in [9.17, 15) is 14.4 Å². The number of hydrogen-bond acceptors (Lipinski definition) is 4. The number of nitrogens with one attached hydrogen (secondary N) is 2. The molecule has 0 aliphatic heterocycles. The highest BCUT2D eigenvalue weighted by Gasteiger charge is 2.11. The largest absolute Gasteiger partial charge is 0.326 e. The molecule has 0 unspecified atom stereocenters. The van der Waals surface area contributed by atoms with Gasteiger partial charge in [0.05, 0.1) is 5.69 Å². The number of aromatic nitrogens is 2. The van der Waals surface area contributed by atoms with Crippen LogP contribution in [0.25, 0.3) is 11.3 Å². The van der Waals surface area contributed by atoms with Gasteiger partial charge in [0, 0.05) is 35.0 Å². The summed E-state index contributed by atoms with van der Waals surface area (Å²) < 4.78 is 1.10. The van der Waals surface area contributed by atoms with Crippen LogP contribution >= 0.6 is 11.6 Å². The first-order chi connectivity index (χ1) is 14.4. The summed E-state index contributed by atoms with van der Waals surface area (Å²) in [6.07, 6.45) is 0.756. The van der Waals surface area contributed by atoms with E-state index in [2.05, 4.69) is 15.7 Å². The maximum absolute atomic E-state index is 12.4. The highest BCUT2D eigenvalue weighted by Crippen LogP contribution is 2.24. The molecule has 30 heavy (non-hydrogen) atoms. The van der Waals surface area contributed by atoms with Crippen molar-refractivity contribution in [2.24, 2.45) is 0 Å². The maximum Gasteiger partial charge on any atom is 0.267 e. The van der Waals surface area contributed by atoms with Crippen molar-refractivity contribution in [3.05, 3.63) is 75.5 Å². The summed E-state index contributed by atoms with van der Waals surface area (Å²) in [6.45, 7) is 3.20. The number of hydrogen-bond donors (Lipinski definition) is 2. The minimum absolute atomic E-state index is 0.169. The van der Waals surface area contributed by atoms with Gasteiger partial charge >= 0.3 is 0 Å². The van der Waals surface area contributed by atoms with Crippen molar-refractivity contribution in [1.82, 2.24) is 9.78 Å². The highest BCUT2D eigenvalue weighted by atomic mass is 35.5. The molecule has 3 rings (SSSR count). The minimum atomic E-state index is -0.399. The molecule has 0 aliphatic carbocycles. The van der Waals surface area contributed by atoms with Crippen LogP contribution in [0.4, 0.5) is 11.4 Å². The second-order valence-corrected chi connectivity index (χ2v) is 7.12. The van der Waals surface area contributed by atoms with E-state index >= 15 is 0 Å². The Labute approximate surface area is 178 Å². The zero-order chi connectivity index (χ0) is 21.7. The molecule has 3 aromatic rings. The average Bonchev–Trinajstić information content (AvgIpc) is 2.69. The van der Waals surface area contributed by atoms with Gasteiger partial charge in [0.2, 0.25) is 11.8 Å². The molecule has 0 radical (unpaired) electrons. The lowest BCUT2D eigenvalue weighted by Gasteiger charge is -2.12. The zero-order valence-electron chi connectivity index (χ0n) is 16.6. The number of halogens is 1. The second kappa shape index (κ2) is 9.37. The number of amides is 2. The molecule has 8 heteroatoms. The summed E-state index contributed by atoms with van der Waals surface area (Å²) in [5.41, 5.74) is 3.06. The Balaban J connectivity index is 1.85. The van der Waals surface area contributed by atoms with Gasteiger partial charge in [0.15, 0.2) is 0 Å². The van der Waals surface area contributed by atoms with Gasteiger partial charge in [0.25, 0.3) is 5.56 Å². The van der Waals surface area contributed by atoms with Crippen molar-refractivity contribution in [2.75, 3.05) is 10.6 Å². The summed E-state index contributed by atoms with van der Waals surface area (Å²) in [5, 5.41) is 10.3. The van der Waals surface area contributed by atoms with Crippen LogP contribution in [0.2, 0.25) is 5.02 Å². The van der Waals surface area contributed by atoms with Crippen LogP contribution in [0.1, 0.15) is 19.4 Å². The topological polar surface area (TPSA) is 93.1 Å². The molecule has 7 nitrogen and oxygen atoms in total. The minimum Gasteiger partial charge on any atom is -0.326 e. The Bertz CT molecular complexity index is 1160. The van der Waals surface area contributed by atoms with Gasteiger partial charge in [-0.05, 0) is 42.3 Å². The van der Waals surface area contributed by atoms with E-state index in [1.807, 2.05) is 25.1 Å². The van der Waals surface area contributed by atoms with Crippen LogP contribution in [0.3, 0.4) is 0 Å². The van der Waals surface area contributed by atoms with Gasteiger partial charge in [-0.15, -0.1) is 0 Å². The number of rotatable bonds is 6. The number of carbonyl (C=O) groups excluding carboxylic acids is 2. The predicted octanol–water partition coefficient (Wildman–Crippen LogP) is 3.72. The van der Waals surface area contributed by atoms with Crippen LogP contribution in [0, 0.1) is 0 Å². The Hall–Kier alpha value is -3.45. The lowest BCUT2D eigenvalue weighted by Crippen LogP contribution is -2.29. The molecule has 2 N–H and O–H groups in total.